The Balaban J connectivity index is 2.95. The lowest BCUT2D eigenvalue weighted by Crippen LogP contribution is -2.01. The number of hydrogen-bond acceptors (Lipinski definition) is 1. The van der Waals surface area contributed by atoms with Crippen molar-refractivity contribution in [1.82, 2.24) is 0 Å². The average molecular weight is 202 g/mol. The average Bonchev–Trinajstić information content (AvgIpc) is 2.21. The summed E-state index contributed by atoms with van der Waals surface area (Å²) in [6.45, 7) is 6.14. The zero-order valence-electron chi connectivity index (χ0n) is 9.92. The van der Waals surface area contributed by atoms with Crippen molar-refractivity contribution in [2.24, 2.45) is 5.92 Å². The van der Waals surface area contributed by atoms with Crippen molar-refractivity contribution in [1.29, 1.82) is 0 Å². The molecule has 0 fully saturated rings. The molecule has 0 aromatic heterocycles. The second kappa shape index (κ2) is 5.46. The van der Waals surface area contributed by atoms with E-state index in [1.165, 1.54) is 11.1 Å². The van der Waals surface area contributed by atoms with Crippen LogP contribution in [-0.4, -0.2) is 7.11 Å². The molecule has 80 valence electrons. The van der Waals surface area contributed by atoms with Gasteiger partial charge in [-0.1, -0.05) is 19.1 Å². The molecule has 0 aliphatic carbocycles. The number of benzene rings is 1. The fraction of sp³-hybridized carbons (Fsp3) is 0.429. The molecule has 1 nitrogen and oxygen atoms in total. The fourth-order valence-corrected chi connectivity index (χ4v) is 1.73. The predicted molar refractivity (Wildman–Crippen MR) is 64.0 cm³/mol. The van der Waals surface area contributed by atoms with Gasteiger partial charge in [-0.2, -0.15) is 0 Å². The number of rotatable bonds is 3. The minimum Gasteiger partial charge on any atom is -0.496 e. The van der Waals surface area contributed by atoms with Crippen molar-refractivity contribution in [3.05, 3.63) is 29.3 Å². The van der Waals surface area contributed by atoms with Gasteiger partial charge in [-0.3, -0.25) is 0 Å². The monoisotopic (exact) mass is 202 g/mol. The predicted octanol–water partition coefficient (Wildman–Crippen LogP) is 3.21. The van der Waals surface area contributed by atoms with Gasteiger partial charge in [0.25, 0.3) is 0 Å². The van der Waals surface area contributed by atoms with Crippen LogP contribution in [0.25, 0.3) is 0 Å². The molecule has 0 bridgehead atoms. The summed E-state index contributed by atoms with van der Waals surface area (Å²) in [6.07, 6.45) is 0.955. The Morgan fingerprint density at radius 3 is 2.73 bits per heavy atom. The molecule has 0 saturated heterocycles. The van der Waals surface area contributed by atoms with Crippen LogP contribution >= 0.6 is 0 Å². The van der Waals surface area contributed by atoms with Gasteiger partial charge in [0.15, 0.2) is 0 Å². The molecule has 1 atom stereocenters. The summed E-state index contributed by atoms with van der Waals surface area (Å²) in [5, 5.41) is 0. The highest BCUT2D eigenvalue weighted by molar-refractivity contribution is 5.40. The summed E-state index contributed by atoms with van der Waals surface area (Å²) in [6, 6.07) is 6.15. The van der Waals surface area contributed by atoms with Crippen LogP contribution in [0.5, 0.6) is 5.75 Å². The van der Waals surface area contributed by atoms with Crippen LogP contribution in [0, 0.1) is 24.7 Å². The molecular weight excluding hydrogens is 184 g/mol. The Morgan fingerprint density at radius 2 is 2.13 bits per heavy atom. The Labute approximate surface area is 92.5 Å². The lowest BCUT2D eigenvalue weighted by Gasteiger charge is -2.12. The van der Waals surface area contributed by atoms with E-state index in [1.807, 2.05) is 19.1 Å². The van der Waals surface area contributed by atoms with Gasteiger partial charge in [-0.15, -0.1) is 11.8 Å². The van der Waals surface area contributed by atoms with Crippen molar-refractivity contribution in [2.75, 3.05) is 7.11 Å². The Hall–Kier alpha value is -1.42. The SMILES string of the molecule is CC#CC(C)Cc1c(C)cccc1OC. The third-order valence-corrected chi connectivity index (χ3v) is 2.49. The standard InChI is InChI=1S/C14H18O/c1-5-7-11(2)10-13-12(3)8-6-9-14(13)15-4/h6,8-9,11H,10H2,1-4H3. The second-order valence-electron chi connectivity index (χ2n) is 3.76. The van der Waals surface area contributed by atoms with Gasteiger partial charge in [0, 0.05) is 5.92 Å². The number of ether oxygens (including phenoxy) is 1. The molecule has 1 aromatic rings. The molecule has 0 aliphatic rings. The lowest BCUT2D eigenvalue weighted by atomic mass is 9.97. The van der Waals surface area contributed by atoms with Gasteiger partial charge in [0.2, 0.25) is 0 Å². The van der Waals surface area contributed by atoms with Crippen LogP contribution in [-0.2, 0) is 6.42 Å². The summed E-state index contributed by atoms with van der Waals surface area (Å²) in [5.41, 5.74) is 2.55. The molecule has 0 spiro atoms. The van der Waals surface area contributed by atoms with Gasteiger partial charge < -0.3 is 4.74 Å². The molecule has 1 rings (SSSR count). The van der Waals surface area contributed by atoms with Crippen molar-refractivity contribution in [3.8, 4) is 17.6 Å². The maximum atomic E-state index is 5.36. The smallest absolute Gasteiger partial charge is 0.122 e. The van der Waals surface area contributed by atoms with Gasteiger partial charge >= 0.3 is 0 Å². The molecule has 0 aliphatic heterocycles. The van der Waals surface area contributed by atoms with E-state index in [-0.39, 0.29) is 0 Å². The molecule has 0 N–H and O–H groups in total. The van der Waals surface area contributed by atoms with E-state index in [2.05, 4.69) is 31.8 Å². The largest absolute Gasteiger partial charge is 0.496 e. The Kier molecular flexibility index (Phi) is 4.24. The maximum Gasteiger partial charge on any atom is 0.122 e. The molecule has 0 saturated carbocycles. The minimum absolute atomic E-state index is 0.380. The zero-order valence-corrected chi connectivity index (χ0v) is 9.92. The normalized spacial score (nSPS) is 11.5. The van der Waals surface area contributed by atoms with Crippen LogP contribution in [0.3, 0.4) is 0 Å². The first-order valence-electron chi connectivity index (χ1n) is 5.23. The van der Waals surface area contributed by atoms with E-state index in [4.69, 9.17) is 4.74 Å². The summed E-state index contributed by atoms with van der Waals surface area (Å²) < 4.78 is 5.36. The highest BCUT2D eigenvalue weighted by Crippen LogP contribution is 2.24. The molecule has 1 heteroatoms. The van der Waals surface area contributed by atoms with Crippen LogP contribution < -0.4 is 4.74 Å². The van der Waals surface area contributed by atoms with E-state index in [1.54, 1.807) is 7.11 Å². The van der Waals surface area contributed by atoms with E-state index in [0.29, 0.717) is 5.92 Å². The minimum atomic E-state index is 0.380. The summed E-state index contributed by atoms with van der Waals surface area (Å²) >= 11 is 0. The fourth-order valence-electron chi connectivity index (χ4n) is 1.73. The number of hydrogen-bond donors (Lipinski definition) is 0. The number of aryl methyl sites for hydroxylation is 1. The van der Waals surface area contributed by atoms with Crippen molar-refractivity contribution in [2.45, 2.75) is 27.2 Å². The van der Waals surface area contributed by atoms with E-state index in [0.717, 1.165) is 12.2 Å². The lowest BCUT2D eigenvalue weighted by molar-refractivity contribution is 0.407. The quantitative estimate of drug-likeness (QED) is 0.684. The summed E-state index contributed by atoms with van der Waals surface area (Å²) in [5.74, 6) is 7.47. The van der Waals surface area contributed by atoms with Gasteiger partial charge in [0.05, 0.1) is 7.11 Å². The van der Waals surface area contributed by atoms with Gasteiger partial charge in [0.1, 0.15) is 5.75 Å². The van der Waals surface area contributed by atoms with E-state index >= 15 is 0 Å². The molecule has 0 radical (unpaired) electrons. The Morgan fingerprint density at radius 1 is 1.40 bits per heavy atom. The van der Waals surface area contributed by atoms with E-state index in [9.17, 15) is 0 Å². The first kappa shape index (κ1) is 11.7. The summed E-state index contributed by atoms with van der Waals surface area (Å²) in [4.78, 5) is 0. The third kappa shape index (κ3) is 3.02. The van der Waals surface area contributed by atoms with E-state index < -0.39 is 0 Å². The molecule has 0 amide bonds. The van der Waals surface area contributed by atoms with Crippen LogP contribution in [0.4, 0.5) is 0 Å². The molecule has 15 heavy (non-hydrogen) atoms. The highest BCUT2D eigenvalue weighted by Gasteiger charge is 2.08. The van der Waals surface area contributed by atoms with Crippen molar-refractivity contribution in [3.63, 3.8) is 0 Å². The van der Waals surface area contributed by atoms with Gasteiger partial charge in [-0.05, 0) is 37.5 Å². The maximum absolute atomic E-state index is 5.36. The van der Waals surface area contributed by atoms with Gasteiger partial charge in [-0.25, -0.2) is 0 Å². The van der Waals surface area contributed by atoms with Crippen LogP contribution in [0.15, 0.2) is 18.2 Å². The third-order valence-electron chi connectivity index (χ3n) is 2.49. The molecular formula is C14H18O. The first-order valence-corrected chi connectivity index (χ1v) is 5.23. The highest BCUT2D eigenvalue weighted by atomic mass is 16.5. The van der Waals surface area contributed by atoms with Crippen LogP contribution in [0.1, 0.15) is 25.0 Å². The first-order chi connectivity index (χ1) is 7.19. The number of methoxy groups -OCH3 is 1. The van der Waals surface area contributed by atoms with Crippen LogP contribution in [0.2, 0.25) is 0 Å². The summed E-state index contributed by atoms with van der Waals surface area (Å²) in [7, 11) is 1.72. The topological polar surface area (TPSA) is 9.23 Å². The molecule has 1 aromatic carbocycles. The van der Waals surface area contributed by atoms with Crippen molar-refractivity contribution < 1.29 is 4.74 Å². The molecule has 0 heterocycles. The zero-order chi connectivity index (χ0) is 11.3. The molecule has 1 unspecified atom stereocenters. The Bertz CT molecular complexity index is 382. The second-order valence-corrected chi connectivity index (χ2v) is 3.76. The van der Waals surface area contributed by atoms with Crippen molar-refractivity contribution >= 4 is 0 Å².